The van der Waals surface area contributed by atoms with Crippen LogP contribution in [-0.4, -0.2) is 74.6 Å². The molecule has 10 nitrogen and oxygen atoms in total. The first kappa shape index (κ1) is 23.2. The molecule has 2 heterocycles. The van der Waals surface area contributed by atoms with Gasteiger partial charge in [0, 0.05) is 17.7 Å². The van der Waals surface area contributed by atoms with Gasteiger partial charge in [-0.2, -0.15) is 0 Å². The highest BCUT2D eigenvalue weighted by Crippen LogP contribution is 2.35. The number of hydrogen-bond donors (Lipinski definition) is 6. The average molecular weight is 438 g/mol. The van der Waals surface area contributed by atoms with Crippen molar-refractivity contribution in [1.29, 1.82) is 0 Å². The molecule has 0 radical (unpaired) electrons. The number of aliphatic hydroxyl groups is 4. The first-order valence-corrected chi connectivity index (χ1v) is 9.70. The Labute approximate surface area is 177 Å². The van der Waals surface area contributed by atoms with Crippen LogP contribution in [0.4, 0.5) is 0 Å². The van der Waals surface area contributed by atoms with Crippen LogP contribution in [0.15, 0.2) is 33.0 Å². The number of fused-ring (bicyclic) bond motifs is 1. The number of phenols is 2. The van der Waals surface area contributed by atoms with Crippen molar-refractivity contribution >= 4 is 11.0 Å². The minimum Gasteiger partial charge on any atom is -0.507 e. The lowest BCUT2D eigenvalue weighted by Crippen LogP contribution is -2.59. The highest BCUT2D eigenvalue weighted by Gasteiger charge is 2.43. The molecule has 170 valence electrons. The molecule has 0 aliphatic carbocycles. The Hall–Kier alpha value is -2.47. The summed E-state index contributed by atoms with van der Waals surface area (Å²) in [5, 5.41) is 59.5. The lowest BCUT2D eigenvalue weighted by molar-refractivity contribution is -0.299. The van der Waals surface area contributed by atoms with Crippen LogP contribution in [0, 0.1) is 6.92 Å². The Morgan fingerprint density at radius 2 is 1.87 bits per heavy atom. The van der Waals surface area contributed by atoms with Gasteiger partial charge in [-0.1, -0.05) is 11.6 Å². The number of rotatable bonds is 6. The van der Waals surface area contributed by atoms with E-state index >= 15 is 0 Å². The summed E-state index contributed by atoms with van der Waals surface area (Å²) in [6.07, 6.45) is -5.16. The molecule has 31 heavy (non-hydrogen) atoms. The van der Waals surface area contributed by atoms with Gasteiger partial charge in [0.25, 0.3) is 0 Å². The maximum atomic E-state index is 12.2. The Kier molecular flexibility index (Phi) is 6.99. The average Bonchev–Trinajstić information content (AvgIpc) is 2.70. The number of ether oxygens (including phenoxy) is 2. The molecule has 6 N–H and O–H groups in total. The monoisotopic (exact) mass is 438 g/mol. The third kappa shape index (κ3) is 4.74. The van der Waals surface area contributed by atoms with Gasteiger partial charge in [-0.25, -0.2) is 0 Å². The second-order valence-electron chi connectivity index (χ2n) is 7.58. The number of aromatic hydroxyl groups is 2. The molecular weight excluding hydrogens is 412 g/mol. The summed E-state index contributed by atoms with van der Waals surface area (Å²) in [4.78, 5) is 12.2. The molecule has 1 aliphatic rings. The van der Waals surface area contributed by atoms with Gasteiger partial charge >= 0.3 is 0 Å². The van der Waals surface area contributed by atoms with Gasteiger partial charge in [-0.3, -0.25) is 4.79 Å². The quantitative estimate of drug-likeness (QED) is 0.333. The zero-order valence-electron chi connectivity index (χ0n) is 17.1. The third-order valence-electron chi connectivity index (χ3n) is 5.18. The van der Waals surface area contributed by atoms with E-state index in [4.69, 9.17) is 13.9 Å². The lowest BCUT2D eigenvalue weighted by Gasteiger charge is -2.39. The molecule has 3 rings (SSSR count). The first-order chi connectivity index (χ1) is 14.6. The Bertz CT molecular complexity index is 1020. The van der Waals surface area contributed by atoms with E-state index in [2.05, 4.69) is 0 Å². The van der Waals surface area contributed by atoms with E-state index in [0.29, 0.717) is 11.3 Å². The molecule has 0 amide bonds. The normalized spacial score (nSPS) is 27.0. The highest BCUT2D eigenvalue weighted by molar-refractivity contribution is 5.86. The second-order valence-corrected chi connectivity index (χ2v) is 7.58. The summed E-state index contributed by atoms with van der Waals surface area (Å²) >= 11 is 0. The molecule has 1 saturated heterocycles. The van der Waals surface area contributed by atoms with Crippen molar-refractivity contribution in [2.75, 3.05) is 13.2 Å². The van der Waals surface area contributed by atoms with Crippen LogP contribution in [0.3, 0.4) is 0 Å². The highest BCUT2D eigenvalue weighted by atomic mass is 16.7. The van der Waals surface area contributed by atoms with E-state index in [0.717, 1.165) is 0 Å². The van der Waals surface area contributed by atoms with Gasteiger partial charge in [0.1, 0.15) is 52.6 Å². The topological polar surface area (TPSA) is 170 Å². The Morgan fingerprint density at radius 1 is 1.16 bits per heavy atom. The molecule has 0 bridgehead atoms. The number of aryl methyl sites for hydroxylation is 1. The molecule has 0 spiro atoms. The van der Waals surface area contributed by atoms with Crippen LogP contribution in [0.25, 0.3) is 11.0 Å². The number of benzene rings is 1. The molecule has 0 saturated carbocycles. The molecule has 1 aliphatic heterocycles. The van der Waals surface area contributed by atoms with Crippen molar-refractivity contribution < 1.29 is 44.5 Å². The fourth-order valence-corrected chi connectivity index (χ4v) is 3.41. The van der Waals surface area contributed by atoms with Crippen LogP contribution >= 0.6 is 0 Å². The maximum Gasteiger partial charge on any atom is 0.196 e. The lowest BCUT2D eigenvalue weighted by atomic mass is 9.99. The van der Waals surface area contributed by atoms with Crippen molar-refractivity contribution in [2.24, 2.45) is 0 Å². The molecule has 1 aromatic heterocycles. The molecule has 1 aromatic carbocycles. The van der Waals surface area contributed by atoms with Gasteiger partial charge in [0.05, 0.1) is 13.2 Å². The predicted octanol–water partition coefficient (Wildman–Crippen LogP) is -0.182. The Morgan fingerprint density at radius 3 is 2.55 bits per heavy atom. The van der Waals surface area contributed by atoms with Crippen molar-refractivity contribution in [3.05, 3.63) is 45.3 Å². The summed E-state index contributed by atoms with van der Waals surface area (Å²) in [6, 6.07) is 2.52. The summed E-state index contributed by atoms with van der Waals surface area (Å²) in [5.74, 6) is -0.259. The fourth-order valence-electron chi connectivity index (χ4n) is 3.41. The molecule has 10 heteroatoms. The maximum absolute atomic E-state index is 12.2. The number of phenolic OH excluding ortho intramolecular Hbond substituents is 2. The van der Waals surface area contributed by atoms with E-state index in [1.165, 1.54) is 12.1 Å². The molecule has 2 aromatic rings. The van der Waals surface area contributed by atoms with E-state index in [1.807, 2.05) is 0 Å². The van der Waals surface area contributed by atoms with Crippen molar-refractivity contribution in [2.45, 2.75) is 51.0 Å². The van der Waals surface area contributed by atoms with E-state index in [9.17, 15) is 35.4 Å². The minimum absolute atomic E-state index is 0.0259. The fraction of sp³-hybridized carbons (Fsp3) is 0.476. The summed E-state index contributed by atoms with van der Waals surface area (Å²) in [6.45, 7) is 2.67. The third-order valence-corrected chi connectivity index (χ3v) is 5.18. The van der Waals surface area contributed by atoms with Crippen LogP contribution < -0.4 is 5.43 Å². The van der Waals surface area contributed by atoms with Gasteiger partial charge in [0.2, 0.25) is 0 Å². The van der Waals surface area contributed by atoms with Gasteiger partial charge in [-0.15, -0.1) is 0 Å². The van der Waals surface area contributed by atoms with E-state index in [1.54, 1.807) is 19.9 Å². The van der Waals surface area contributed by atoms with Crippen LogP contribution in [0.1, 0.15) is 18.2 Å². The smallest absolute Gasteiger partial charge is 0.196 e. The van der Waals surface area contributed by atoms with Crippen LogP contribution in [-0.2, 0) is 15.9 Å². The van der Waals surface area contributed by atoms with Gasteiger partial charge in [0.15, 0.2) is 11.7 Å². The Balaban J connectivity index is 1.72. The minimum atomic E-state index is -1.54. The molecule has 1 fully saturated rings. The number of allylic oxidation sites excluding steroid dienone is 1. The number of aliphatic hydroxyl groups excluding tert-OH is 4. The van der Waals surface area contributed by atoms with Crippen LogP contribution in [0.5, 0.6) is 11.5 Å². The zero-order chi connectivity index (χ0) is 22.9. The van der Waals surface area contributed by atoms with Crippen LogP contribution in [0.2, 0.25) is 0 Å². The first-order valence-electron chi connectivity index (χ1n) is 9.70. The predicted molar refractivity (Wildman–Crippen MR) is 108 cm³/mol. The summed E-state index contributed by atoms with van der Waals surface area (Å²) < 4.78 is 16.1. The van der Waals surface area contributed by atoms with Crippen molar-refractivity contribution in [3.63, 3.8) is 0 Å². The standard InChI is InChI=1S/C21H26O10/c1-9(8-29-21-20(28)19(27)18(26)15(7-22)31-21)3-4-11-12(23)6-14-16(17(11)25)13(24)5-10(2)30-14/h3,5-6,15,18-23,25-28H,4,7-8H2,1-2H3/t15-,18-,19+,20-,21+/m1/s1. The summed E-state index contributed by atoms with van der Waals surface area (Å²) in [7, 11) is 0. The van der Waals surface area contributed by atoms with E-state index < -0.39 is 42.7 Å². The molecule has 5 atom stereocenters. The number of hydrogen-bond acceptors (Lipinski definition) is 10. The molecular formula is C21H26O10. The SMILES string of the molecule is CC(=CCc1c(O)cc2oc(C)cc(=O)c2c1O)CO[C@H]1O[C@H](CO)[C@@H](O)[C@H](O)[C@H]1O. The van der Waals surface area contributed by atoms with Crippen molar-refractivity contribution in [3.8, 4) is 11.5 Å². The largest absolute Gasteiger partial charge is 0.507 e. The van der Waals surface area contributed by atoms with Gasteiger partial charge in [-0.05, 0) is 20.3 Å². The van der Waals surface area contributed by atoms with Crippen molar-refractivity contribution in [1.82, 2.24) is 0 Å². The zero-order valence-corrected chi connectivity index (χ0v) is 17.1. The van der Waals surface area contributed by atoms with Gasteiger partial charge < -0.3 is 44.5 Å². The second kappa shape index (κ2) is 9.35. The van der Waals surface area contributed by atoms with E-state index in [-0.39, 0.29) is 41.1 Å². The molecule has 0 unspecified atom stereocenters. The summed E-state index contributed by atoms with van der Waals surface area (Å²) in [5.41, 5.74) is 0.419.